The average molecular weight is 147 g/mol. The van der Waals surface area contributed by atoms with Crippen molar-refractivity contribution < 1.29 is 15.0 Å². The zero-order valence-electron chi connectivity index (χ0n) is 6.16. The summed E-state index contributed by atoms with van der Waals surface area (Å²) < 4.78 is 0. The molecule has 1 amide bonds. The number of carboxylic acid groups (broad SMARTS) is 1. The fourth-order valence-corrected chi connectivity index (χ4v) is 0.582. The zero-order valence-corrected chi connectivity index (χ0v) is 6.16. The van der Waals surface area contributed by atoms with Gasteiger partial charge < -0.3 is 15.5 Å². The molecule has 0 aliphatic heterocycles. The van der Waals surface area contributed by atoms with E-state index in [-0.39, 0.29) is 18.6 Å². The second-order valence-electron chi connectivity index (χ2n) is 2.48. The molecule has 0 aromatic heterocycles. The van der Waals surface area contributed by atoms with Gasteiger partial charge in [0.2, 0.25) is 0 Å². The van der Waals surface area contributed by atoms with Gasteiger partial charge in [0.05, 0.1) is 12.6 Å². The standard InChI is InChI=1S/C6H13NO3/c1-4(2)5(3-8)7-6(9)10/h4-5,7-8H,3H2,1-2H3,(H,9,10)/t5-/m0/s1. The van der Waals surface area contributed by atoms with Crippen molar-refractivity contribution in [2.75, 3.05) is 6.61 Å². The van der Waals surface area contributed by atoms with Crippen molar-refractivity contribution in [3.63, 3.8) is 0 Å². The van der Waals surface area contributed by atoms with E-state index in [0.29, 0.717) is 0 Å². The number of hydrogen-bond acceptors (Lipinski definition) is 2. The minimum absolute atomic E-state index is 0.126. The van der Waals surface area contributed by atoms with Crippen LogP contribution in [0.4, 0.5) is 4.79 Å². The minimum Gasteiger partial charge on any atom is -0.465 e. The van der Waals surface area contributed by atoms with Crippen LogP contribution in [0.15, 0.2) is 0 Å². The molecule has 0 saturated heterocycles. The van der Waals surface area contributed by atoms with Gasteiger partial charge in [0.25, 0.3) is 0 Å². The summed E-state index contributed by atoms with van der Waals surface area (Å²) in [6.07, 6.45) is -1.09. The van der Waals surface area contributed by atoms with E-state index in [2.05, 4.69) is 5.32 Å². The van der Waals surface area contributed by atoms with Gasteiger partial charge >= 0.3 is 6.09 Å². The summed E-state index contributed by atoms with van der Waals surface area (Å²) in [6.45, 7) is 3.54. The Labute approximate surface area is 59.9 Å². The van der Waals surface area contributed by atoms with Crippen molar-refractivity contribution >= 4 is 6.09 Å². The van der Waals surface area contributed by atoms with Crippen molar-refractivity contribution in [2.24, 2.45) is 5.92 Å². The summed E-state index contributed by atoms with van der Waals surface area (Å²) in [5, 5.41) is 19.1. The van der Waals surface area contributed by atoms with Gasteiger partial charge in [-0.2, -0.15) is 0 Å². The van der Waals surface area contributed by atoms with Gasteiger partial charge in [0.1, 0.15) is 0 Å². The highest BCUT2D eigenvalue weighted by Gasteiger charge is 2.13. The summed E-state index contributed by atoms with van der Waals surface area (Å²) >= 11 is 0. The smallest absolute Gasteiger partial charge is 0.404 e. The molecule has 1 atom stereocenters. The van der Waals surface area contributed by atoms with E-state index in [9.17, 15) is 4.79 Å². The Morgan fingerprint density at radius 2 is 2.10 bits per heavy atom. The van der Waals surface area contributed by atoms with E-state index >= 15 is 0 Å². The number of nitrogens with one attached hydrogen (secondary N) is 1. The molecule has 0 fully saturated rings. The first-order valence-electron chi connectivity index (χ1n) is 3.18. The Morgan fingerprint density at radius 1 is 1.60 bits per heavy atom. The van der Waals surface area contributed by atoms with Crippen LogP contribution in [0.1, 0.15) is 13.8 Å². The predicted octanol–water partition coefficient (Wildman–Crippen LogP) is 0.271. The van der Waals surface area contributed by atoms with Gasteiger partial charge in [0.15, 0.2) is 0 Å². The summed E-state index contributed by atoms with van der Waals surface area (Å²) in [5.41, 5.74) is 0. The highest BCUT2D eigenvalue weighted by Crippen LogP contribution is 1.99. The highest BCUT2D eigenvalue weighted by atomic mass is 16.4. The molecule has 0 rings (SSSR count). The summed E-state index contributed by atoms with van der Waals surface area (Å²) in [4.78, 5) is 10.1. The molecule has 4 heteroatoms. The van der Waals surface area contributed by atoms with Crippen LogP contribution in [0.2, 0.25) is 0 Å². The maximum absolute atomic E-state index is 10.1. The van der Waals surface area contributed by atoms with Crippen LogP contribution in [-0.2, 0) is 0 Å². The molecule has 0 bridgehead atoms. The first-order chi connectivity index (χ1) is 4.57. The second kappa shape index (κ2) is 4.11. The van der Waals surface area contributed by atoms with Crippen molar-refractivity contribution in [2.45, 2.75) is 19.9 Å². The highest BCUT2D eigenvalue weighted by molar-refractivity contribution is 5.64. The number of hydrogen-bond donors (Lipinski definition) is 3. The van der Waals surface area contributed by atoms with Crippen molar-refractivity contribution in [1.29, 1.82) is 0 Å². The molecule has 0 radical (unpaired) electrons. The molecule has 4 nitrogen and oxygen atoms in total. The Kier molecular flexibility index (Phi) is 3.79. The second-order valence-corrected chi connectivity index (χ2v) is 2.48. The van der Waals surface area contributed by atoms with E-state index < -0.39 is 6.09 Å². The Hall–Kier alpha value is -0.770. The topological polar surface area (TPSA) is 69.6 Å². The molecule has 0 aliphatic rings. The van der Waals surface area contributed by atoms with Crippen molar-refractivity contribution in [1.82, 2.24) is 5.32 Å². The SMILES string of the molecule is CC(C)[C@H](CO)NC(=O)O. The third-order valence-corrected chi connectivity index (χ3v) is 1.31. The van der Waals surface area contributed by atoms with Gasteiger partial charge in [-0.25, -0.2) is 4.79 Å². The van der Waals surface area contributed by atoms with Gasteiger partial charge in [-0.05, 0) is 5.92 Å². The van der Waals surface area contributed by atoms with Gasteiger partial charge in [-0.1, -0.05) is 13.8 Å². The molecule has 10 heavy (non-hydrogen) atoms. The maximum atomic E-state index is 10.1. The molecule has 0 aromatic carbocycles. The monoisotopic (exact) mass is 147 g/mol. The normalized spacial score (nSPS) is 13.2. The van der Waals surface area contributed by atoms with E-state index in [1.54, 1.807) is 0 Å². The van der Waals surface area contributed by atoms with Gasteiger partial charge in [-0.3, -0.25) is 0 Å². The lowest BCUT2D eigenvalue weighted by molar-refractivity contribution is 0.166. The predicted molar refractivity (Wildman–Crippen MR) is 36.9 cm³/mol. The number of aliphatic hydroxyl groups excluding tert-OH is 1. The fraction of sp³-hybridized carbons (Fsp3) is 0.833. The molecule has 0 saturated carbocycles. The Morgan fingerprint density at radius 3 is 2.20 bits per heavy atom. The molecule has 0 aliphatic carbocycles. The zero-order chi connectivity index (χ0) is 8.15. The first-order valence-corrected chi connectivity index (χ1v) is 3.18. The lowest BCUT2D eigenvalue weighted by Gasteiger charge is -2.17. The quantitative estimate of drug-likeness (QED) is 0.536. The number of carbonyl (C=O) groups is 1. The third kappa shape index (κ3) is 3.29. The molecule has 0 aromatic rings. The Bertz CT molecular complexity index is 114. The molecule has 0 spiro atoms. The lowest BCUT2D eigenvalue weighted by atomic mass is 10.1. The van der Waals surface area contributed by atoms with Crippen molar-refractivity contribution in [3.05, 3.63) is 0 Å². The summed E-state index contributed by atoms with van der Waals surface area (Å²) in [6, 6.07) is -0.350. The summed E-state index contributed by atoms with van der Waals surface area (Å²) in [5.74, 6) is 0.126. The van der Waals surface area contributed by atoms with Crippen LogP contribution >= 0.6 is 0 Å². The molecular formula is C6H13NO3. The molecule has 0 unspecified atom stereocenters. The van der Waals surface area contributed by atoms with Gasteiger partial charge in [0, 0.05) is 0 Å². The van der Waals surface area contributed by atoms with E-state index in [0.717, 1.165) is 0 Å². The molecule has 3 N–H and O–H groups in total. The largest absolute Gasteiger partial charge is 0.465 e. The Balaban J connectivity index is 3.71. The van der Waals surface area contributed by atoms with Crippen molar-refractivity contribution in [3.8, 4) is 0 Å². The average Bonchev–Trinajstić information content (AvgIpc) is 1.81. The van der Waals surface area contributed by atoms with E-state index in [1.165, 1.54) is 0 Å². The number of rotatable bonds is 3. The third-order valence-electron chi connectivity index (χ3n) is 1.31. The minimum atomic E-state index is -1.09. The maximum Gasteiger partial charge on any atom is 0.404 e. The fourth-order valence-electron chi connectivity index (χ4n) is 0.582. The van der Waals surface area contributed by atoms with E-state index in [4.69, 9.17) is 10.2 Å². The first kappa shape index (κ1) is 9.23. The number of aliphatic hydroxyl groups is 1. The lowest BCUT2D eigenvalue weighted by Crippen LogP contribution is -2.40. The van der Waals surface area contributed by atoms with Crippen LogP contribution in [-0.4, -0.2) is 29.0 Å². The van der Waals surface area contributed by atoms with Crippen LogP contribution in [0.25, 0.3) is 0 Å². The molecular weight excluding hydrogens is 134 g/mol. The van der Waals surface area contributed by atoms with Crippen LogP contribution < -0.4 is 5.32 Å². The van der Waals surface area contributed by atoms with E-state index in [1.807, 2.05) is 13.8 Å². The molecule has 60 valence electrons. The number of amides is 1. The molecule has 0 heterocycles. The van der Waals surface area contributed by atoms with Crippen LogP contribution in [0, 0.1) is 5.92 Å². The van der Waals surface area contributed by atoms with Gasteiger partial charge in [-0.15, -0.1) is 0 Å². The van der Waals surface area contributed by atoms with Crippen LogP contribution in [0.3, 0.4) is 0 Å². The summed E-state index contributed by atoms with van der Waals surface area (Å²) in [7, 11) is 0. The van der Waals surface area contributed by atoms with Crippen LogP contribution in [0.5, 0.6) is 0 Å².